The summed E-state index contributed by atoms with van der Waals surface area (Å²) in [5.74, 6) is -0.444. The maximum atomic E-state index is 11.2. The minimum Gasteiger partial charge on any atom is -0.462 e. The molecule has 0 aliphatic rings. The molecule has 1 rings (SSSR count). The first kappa shape index (κ1) is 10.4. The van der Waals surface area contributed by atoms with Crippen LogP contribution in [-0.4, -0.2) is 18.9 Å². The summed E-state index contributed by atoms with van der Waals surface area (Å²) in [4.78, 5) is 22.1. The van der Waals surface area contributed by atoms with Gasteiger partial charge >= 0.3 is 5.97 Å². The van der Waals surface area contributed by atoms with E-state index in [-0.39, 0.29) is 0 Å². The molecule has 3 nitrogen and oxygen atoms in total. The molecule has 0 saturated heterocycles. The van der Waals surface area contributed by atoms with Crippen molar-refractivity contribution >= 4 is 39.5 Å². The van der Waals surface area contributed by atoms with Crippen LogP contribution in [0.2, 0.25) is 0 Å². The van der Waals surface area contributed by atoms with Gasteiger partial charge in [0.25, 0.3) is 0 Å². The van der Waals surface area contributed by atoms with Gasteiger partial charge in [-0.25, -0.2) is 4.79 Å². The lowest BCUT2D eigenvalue weighted by Crippen LogP contribution is -2.04. The largest absolute Gasteiger partial charge is 0.462 e. The predicted octanol–water partition coefficient (Wildman–Crippen LogP) is 2.50. The molecule has 0 unspecified atom stereocenters. The molecule has 0 atom stereocenters. The normalized spacial score (nSPS) is 9.69. The van der Waals surface area contributed by atoms with Crippen LogP contribution in [0.15, 0.2) is 9.85 Å². The van der Waals surface area contributed by atoms with Crippen LogP contribution >= 0.6 is 27.3 Å². The van der Waals surface area contributed by atoms with Crippen molar-refractivity contribution in [3.8, 4) is 0 Å². The van der Waals surface area contributed by atoms with Crippen LogP contribution in [0.4, 0.5) is 0 Å². The Bertz CT molecular complexity index is 332. The highest BCUT2D eigenvalue weighted by atomic mass is 79.9. The quantitative estimate of drug-likeness (QED) is 0.621. The molecule has 0 aliphatic heterocycles. The number of halogens is 1. The van der Waals surface area contributed by atoms with Crippen molar-refractivity contribution in [2.45, 2.75) is 6.92 Å². The van der Waals surface area contributed by atoms with E-state index in [1.807, 2.05) is 0 Å². The molecule has 0 saturated carbocycles. The van der Waals surface area contributed by atoms with E-state index in [4.69, 9.17) is 4.74 Å². The molecule has 0 bridgehead atoms. The zero-order valence-corrected chi connectivity index (χ0v) is 9.28. The summed E-state index contributed by atoms with van der Waals surface area (Å²) in [6, 6.07) is 1.60. The molecule has 70 valence electrons. The SMILES string of the molecule is CCOC(=O)c1sc(Br)cc1C=O. The molecule has 1 aromatic rings. The summed E-state index contributed by atoms with van der Waals surface area (Å²) in [5.41, 5.74) is 0.371. The maximum Gasteiger partial charge on any atom is 0.349 e. The minimum absolute atomic E-state index is 0.312. The number of aldehydes is 1. The molecule has 0 radical (unpaired) electrons. The molecule has 5 heteroatoms. The van der Waals surface area contributed by atoms with Crippen LogP contribution in [0.3, 0.4) is 0 Å². The second-order valence-electron chi connectivity index (χ2n) is 2.17. The summed E-state index contributed by atoms with van der Waals surface area (Å²) in [5, 5.41) is 0. The Morgan fingerprint density at radius 3 is 3.00 bits per heavy atom. The van der Waals surface area contributed by atoms with E-state index < -0.39 is 5.97 Å². The van der Waals surface area contributed by atoms with Gasteiger partial charge in [0.1, 0.15) is 4.88 Å². The fourth-order valence-corrected chi connectivity index (χ4v) is 2.30. The topological polar surface area (TPSA) is 43.4 Å². The van der Waals surface area contributed by atoms with Gasteiger partial charge in [-0.1, -0.05) is 0 Å². The summed E-state index contributed by atoms with van der Waals surface area (Å²) >= 11 is 4.39. The van der Waals surface area contributed by atoms with E-state index in [1.54, 1.807) is 13.0 Å². The van der Waals surface area contributed by atoms with E-state index in [0.717, 1.165) is 3.79 Å². The number of rotatable bonds is 3. The van der Waals surface area contributed by atoms with Gasteiger partial charge in [-0.05, 0) is 28.9 Å². The lowest BCUT2D eigenvalue weighted by Gasteiger charge is -1.97. The maximum absolute atomic E-state index is 11.2. The molecule has 1 heterocycles. The molecular formula is C8H7BrO3S. The standard InChI is InChI=1S/C8H7BrO3S/c1-2-12-8(11)7-5(4-10)3-6(9)13-7/h3-4H,2H2,1H3. The Balaban J connectivity index is 2.98. The number of ether oxygens (including phenoxy) is 1. The number of hydrogen-bond acceptors (Lipinski definition) is 4. The molecular weight excluding hydrogens is 256 g/mol. The summed E-state index contributed by atoms with van der Waals surface area (Å²) in [6.07, 6.45) is 0.646. The molecule has 13 heavy (non-hydrogen) atoms. The molecule has 0 aliphatic carbocycles. The number of carbonyl (C=O) groups is 2. The van der Waals surface area contributed by atoms with Crippen LogP contribution < -0.4 is 0 Å². The highest BCUT2D eigenvalue weighted by molar-refractivity contribution is 9.11. The minimum atomic E-state index is -0.444. The lowest BCUT2D eigenvalue weighted by molar-refractivity contribution is 0.0530. The van der Waals surface area contributed by atoms with E-state index in [1.165, 1.54) is 11.3 Å². The van der Waals surface area contributed by atoms with Crippen molar-refractivity contribution in [3.63, 3.8) is 0 Å². The van der Waals surface area contributed by atoms with E-state index >= 15 is 0 Å². The third-order valence-corrected chi connectivity index (χ3v) is 2.95. The van der Waals surface area contributed by atoms with Crippen LogP contribution in [0.25, 0.3) is 0 Å². The number of carbonyl (C=O) groups excluding carboxylic acids is 2. The van der Waals surface area contributed by atoms with Gasteiger partial charge in [0.05, 0.1) is 10.4 Å². The molecule has 1 aromatic heterocycles. The molecule has 0 fully saturated rings. The van der Waals surface area contributed by atoms with Gasteiger partial charge in [-0.15, -0.1) is 11.3 Å². The van der Waals surface area contributed by atoms with E-state index in [9.17, 15) is 9.59 Å². The van der Waals surface area contributed by atoms with E-state index in [0.29, 0.717) is 23.3 Å². The van der Waals surface area contributed by atoms with Crippen LogP contribution in [0.5, 0.6) is 0 Å². The number of esters is 1. The van der Waals surface area contributed by atoms with Crippen molar-refractivity contribution in [2.75, 3.05) is 6.61 Å². The Kier molecular flexibility index (Phi) is 3.62. The Labute approximate surface area is 87.8 Å². The fraction of sp³-hybridized carbons (Fsp3) is 0.250. The molecule has 0 aromatic carbocycles. The van der Waals surface area contributed by atoms with Crippen molar-refractivity contribution in [3.05, 3.63) is 20.3 Å². The Morgan fingerprint density at radius 1 is 1.77 bits per heavy atom. The van der Waals surface area contributed by atoms with Gasteiger partial charge in [0.15, 0.2) is 6.29 Å². The van der Waals surface area contributed by atoms with Crippen LogP contribution in [0, 0.1) is 0 Å². The first-order chi connectivity index (χ1) is 6.19. The second-order valence-corrected chi connectivity index (χ2v) is 4.60. The summed E-state index contributed by atoms with van der Waals surface area (Å²) in [7, 11) is 0. The molecule has 0 N–H and O–H groups in total. The molecule has 0 spiro atoms. The van der Waals surface area contributed by atoms with Gasteiger partial charge < -0.3 is 4.74 Å². The average molecular weight is 263 g/mol. The average Bonchev–Trinajstić information content (AvgIpc) is 2.47. The van der Waals surface area contributed by atoms with Gasteiger partial charge in [0, 0.05) is 5.56 Å². The zero-order chi connectivity index (χ0) is 9.84. The third-order valence-electron chi connectivity index (χ3n) is 1.32. The highest BCUT2D eigenvalue weighted by Gasteiger charge is 2.15. The Hall–Kier alpha value is -0.680. The summed E-state index contributed by atoms with van der Waals surface area (Å²) < 4.78 is 5.52. The van der Waals surface area contributed by atoms with Crippen molar-refractivity contribution in [1.29, 1.82) is 0 Å². The summed E-state index contributed by atoms with van der Waals surface area (Å²) in [6.45, 7) is 2.04. The fourth-order valence-electron chi connectivity index (χ4n) is 0.817. The lowest BCUT2D eigenvalue weighted by atomic mass is 10.3. The van der Waals surface area contributed by atoms with Crippen molar-refractivity contribution in [1.82, 2.24) is 0 Å². The van der Waals surface area contributed by atoms with Crippen molar-refractivity contribution in [2.24, 2.45) is 0 Å². The smallest absolute Gasteiger partial charge is 0.349 e. The monoisotopic (exact) mass is 262 g/mol. The number of hydrogen-bond donors (Lipinski definition) is 0. The van der Waals surface area contributed by atoms with Gasteiger partial charge in [0.2, 0.25) is 0 Å². The molecule has 0 amide bonds. The van der Waals surface area contributed by atoms with E-state index in [2.05, 4.69) is 15.9 Å². The van der Waals surface area contributed by atoms with Crippen LogP contribution in [-0.2, 0) is 4.74 Å². The number of thiophene rings is 1. The first-order valence-corrected chi connectivity index (χ1v) is 5.21. The van der Waals surface area contributed by atoms with Gasteiger partial charge in [-0.2, -0.15) is 0 Å². The zero-order valence-electron chi connectivity index (χ0n) is 6.87. The third kappa shape index (κ3) is 2.38. The highest BCUT2D eigenvalue weighted by Crippen LogP contribution is 2.26. The van der Waals surface area contributed by atoms with Crippen molar-refractivity contribution < 1.29 is 14.3 Å². The predicted molar refractivity (Wildman–Crippen MR) is 53.4 cm³/mol. The second kappa shape index (κ2) is 4.53. The van der Waals surface area contributed by atoms with Gasteiger partial charge in [-0.3, -0.25) is 4.79 Å². The van der Waals surface area contributed by atoms with Crippen LogP contribution in [0.1, 0.15) is 27.0 Å². The Morgan fingerprint density at radius 2 is 2.46 bits per heavy atom. The first-order valence-electron chi connectivity index (χ1n) is 3.60.